The smallest absolute Gasteiger partial charge is 0.128 e. The van der Waals surface area contributed by atoms with Gasteiger partial charge in [-0.2, -0.15) is 0 Å². The summed E-state index contributed by atoms with van der Waals surface area (Å²) in [6, 6.07) is 3.80. The number of hydrogen-bond acceptors (Lipinski definition) is 4. The minimum atomic E-state index is 0.694. The van der Waals surface area contributed by atoms with Gasteiger partial charge in [0.1, 0.15) is 5.82 Å². The van der Waals surface area contributed by atoms with Crippen LogP contribution in [0.3, 0.4) is 0 Å². The molecule has 0 amide bonds. The van der Waals surface area contributed by atoms with Gasteiger partial charge < -0.3 is 15.4 Å². The molecule has 0 atom stereocenters. The summed E-state index contributed by atoms with van der Waals surface area (Å²) in [5.41, 5.74) is 6.28. The summed E-state index contributed by atoms with van der Waals surface area (Å²) in [5, 5.41) is 0. The van der Waals surface area contributed by atoms with Crippen molar-refractivity contribution in [2.75, 3.05) is 36.9 Å². The first kappa shape index (κ1) is 11.8. The number of hydrogen-bond donors (Lipinski definition) is 1. The molecule has 1 aromatic heterocycles. The number of ether oxygens (including phenoxy) is 1. The van der Waals surface area contributed by atoms with Crippen molar-refractivity contribution in [3.05, 3.63) is 18.3 Å². The highest BCUT2D eigenvalue weighted by atomic mass is 16.5. The zero-order valence-corrected chi connectivity index (χ0v) is 9.44. The summed E-state index contributed by atoms with van der Waals surface area (Å²) < 4.78 is 5.32. The first-order valence-corrected chi connectivity index (χ1v) is 5.32. The minimum absolute atomic E-state index is 0.694. The SMILES string of the molecule is CCOCCN(CC)c1ccc(N)cn1. The zero-order valence-electron chi connectivity index (χ0n) is 9.44. The molecule has 0 fully saturated rings. The van der Waals surface area contributed by atoms with Gasteiger partial charge in [-0.25, -0.2) is 4.98 Å². The van der Waals surface area contributed by atoms with Crippen molar-refractivity contribution in [2.45, 2.75) is 13.8 Å². The van der Waals surface area contributed by atoms with Gasteiger partial charge >= 0.3 is 0 Å². The van der Waals surface area contributed by atoms with Crippen LogP contribution in [0.1, 0.15) is 13.8 Å². The van der Waals surface area contributed by atoms with Crippen LogP contribution < -0.4 is 10.6 Å². The number of likely N-dealkylation sites (N-methyl/N-ethyl adjacent to an activating group) is 1. The maximum Gasteiger partial charge on any atom is 0.128 e. The van der Waals surface area contributed by atoms with E-state index in [1.807, 2.05) is 19.1 Å². The summed E-state index contributed by atoms with van der Waals surface area (Å²) in [5.74, 6) is 0.950. The summed E-state index contributed by atoms with van der Waals surface area (Å²) in [6.45, 7) is 7.37. The van der Waals surface area contributed by atoms with Crippen molar-refractivity contribution in [1.29, 1.82) is 0 Å². The Morgan fingerprint density at radius 3 is 2.73 bits per heavy atom. The Morgan fingerprint density at radius 2 is 2.20 bits per heavy atom. The third kappa shape index (κ3) is 3.75. The van der Waals surface area contributed by atoms with Crippen LogP contribution in [0.4, 0.5) is 11.5 Å². The van der Waals surface area contributed by atoms with Crippen LogP contribution in [0.25, 0.3) is 0 Å². The fourth-order valence-electron chi connectivity index (χ4n) is 1.34. The number of rotatable bonds is 6. The molecule has 1 heterocycles. The van der Waals surface area contributed by atoms with Gasteiger partial charge in [0.05, 0.1) is 18.5 Å². The Bertz CT molecular complexity index is 274. The molecule has 0 spiro atoms. The van der Waals surface area contributed by atoms with Crippen molar-refractivity contribution < 1.29 is 4.74 Å². The van der Waals surface area contributed by atoms with Gasteiger partial charge in [0, 0.05) is 19.7 Å². The van der Waals surface area contributed by atoms with E-state index < -0.39 is 0 Å². The van der Waals surface area contributed by atoms with Crippen molar-refractivity contribution in [1.82, 2.24) is 4.98 Å². The first-order chi connectivity index (χ1) is 7.27. The van der Waals surface area contributed by atoms with Crippen LogP contribution in [-0.2, 0) is 4.74 Å². The molecule has 0 aliphatic carbocycles. The predicted octanol–water partition coefficient (Wildman–Crippen LogP) is 1.53. The Labute approximate surface area is 91.1 Å². The number of pyridine rings is 1. The van der Waals surface area contributed by atoms with E-state index >= 15 is 0 Å². The third-order valence-corrected chi connectivity index (χ3v) is 2.19. The van der Waals surface area contributed by atoms with Crippen molar-refractivity contribution in [2.24, 2.45) is 0 Å². The van der Waals surface area contributed by atoms with Gasteiger partial charge in [-0.1, -0.05) is 0 Å². The van der Waals surface area contributed by atoms with Crippen LogP contribution in [0, 0.1) is 0 Å². The standard InChI is InChI=1S/C11H19N3O/c1-3-14(7-8-15-4-2)11-6-5-10(12)9-13-11/h5-6,9H,3-4,7-8,12H2,1-2H3. The van der Waals surface area contributed by atoms with Crippen molar-refractivity contribution in [3.63, 3.8) is 0 Å². The third-order valence-electron chi connectivity index (χ3n) is 2.19. The van der Waals surface area contributed by atoms with E-state index in [1.54, 1.807) is 6.20 Å². The molecule has 0 radical (unpaired) electrons. The van der Waals surface area contributed by atoms with Gasteiger partial charge in [-0.3, -0.25) is 0 Å². The Kier molecular flexibility index (Phi) is 4.90. The van der Waals surface area contributed by atoms with E-state index in [9.17, 15) is 0 Å². The molecule has 0 aromatic carbocycles. The number of nitrogens with zero attached hydrogens (tertiary/aromatic N) is 2. The molecule has 4 nitrogen and oxygen atoms in total. The molecule has 0 bridgehead atoms. The highest BCUT2D eigenvalue weighted by Gasteiger charge is 2.04. The van der Waals surface area contributed by atoms with Crippen LogP contribution >= 0.6 is 0 Å². The molecule has 0 aliphatic heterocycles. The molecule has 0 unspecified atom stereocenters. The predicted molar refractivity (Wildman–Crippen MR) is 63.0 cm³/mol. The second-order valence-electron chi connectivity index (χ2n) is 3.23. The van der Waals surface area contributed by atoms with E-state index in [1.165, 1.54) is 0 Å². The van der Waals surface area contributed by atoms with Crippen LogP contribution in [0.2, 0.25) is 0 Å². The molecular weight excluding hydrogens is 190 g/mol. The highest BCUT2D eigenvalue weighted by Crippen LogP contribution is 2.11. The van der Waals surface area contributed by atoms with Gasteiger partial charge in [0.2, 0.25) is 0 Å². The molecule has 84 valence electrons. The summed E-state index contributed by atoms with van der Waals surface area (Å²) in [6.07, 6.45) is 1.68. The number of anilines is 2. The zero-order chi connectivity index (χ0) is 11.1. The van der Waals surface area contributed by atoms with E-state index in [0.717, 1.165) is 32.1 Å². The van der Waals surface area contributed by atoms with E-state index in [0.29, 0.717) is 5.69 Å². The Hall–Kier alpha value is -1.29. The van der Waals surface area contributed by atoms with Gasteiger partial charge in [0.25, 0.3) is 0 Å². The molecule has 1 rings (SSSR count). The van der Waals surface area contributed by atoms with Crippen molar-refractivity contribution >= 4 is 11.5 Å². The molecule has 15 heavy (non-hydrogen) atoms. The van der Waals surface area contributed by atoms with Gasteiger partial charge in [-0.15, -0.1) is 0 Å². The van der Waals surface area contributed by atoms with Gasteiger partial charge in [-0.05, 0) is 26.0 Å². The second-order valence-corrected chi connectivity index (χ2v) is 3.23. The lowest BCUT2D eigenvalue weighted by Crippen LogP contribution is -2.27. The topological polar surface area (TPSA) is 51.4 Å². The molecule has 2 N–H and O–H groups in total. The van der Waals surface area contributed by atoms with E-state index in [2.05, 4.69) is 16.8 Å². The molecule has 1 aromatic rings. The number of nitrogen functional groups attached to an aromatic ring is 1. The first-order valence-electron chi connectivity index (χ1n) is 5.32. The highest BCUT2D eigenvalue weighted by molar-refractivity contribution is 5.45. The Balaban J connectivity index is 2.53. The Morgan fingerprint density at radius 1 is 1.40 bits per heavy atom. The quantitative estimate of drug-likeness (QED) is 0.722. The van der Waals surface area contributed by atoms with Crippen LogP contribution in [0.15, 0.2) is 18.3 Å². The number of aromatic nitrogens is 1. The molecule has 0 aliphatic rings. The van der Waals surface area contributed by atoms with Gasteiger partial charge in [0.15, 0.2) is 0 Å². The average molecular weight is 209 g/mol. The van der Waals surface area contributed by atoms with Crippen LogP contribution in [-0.4, -0.2) is 31.3 Å². The monoisotopic (exact) mass is 209 g/mol. The van der Waals surface area contributed by atoms with E-state index in [-0.39, 0.29) is 0 Å². The largest absolute Gasteiger partial charge is 0.397 e. The lowest BCUT2D eigenvalue weighted by atomic mass is 10.4. The molecule has 0 saturated carbocycles. The molecule has 0 saturated heterocycles. The van der Waals surface area contributed by atoms with Crippen molar-refractivity contribution in [3.8, 4) is 0 Å². The minimum Gasteiger partial charge on any atom is -0.397 e. The molecular formula is C11H19N3O. The lowest BCUT2D eigenvalue weighted by Gasteiger charge is -2.21. The fourth-order valence-corrected chi connectivity index (χ4v) is 1.34. The molecule has 4 heteroatoms. The lowest BCUT2D eigenvalue weighted by molar-refractivity contribution is 0.154. The normalized spacial score (nSPS) is 10.3. The summed E-state index contributed by atoms with van der Waals surface area (Å²) >= 11 is 0. The fraction of sp³-hybridized carbons (Fsp3) is 0.545. The number of nitrogens with two attached hydrogens (primary N) is 1. The van der Waals surface area contributed by atoms with Crippen LogP contribution in [0.5, 0.6) is 0 Å². The second kappa shape index (κ2) is 6.24. The maximum absolute atomic E-state index is 5.58. The summed E-state index contributed by atoms with van der Waals surface area (Å²) in [4.78, 5) is 6.44. The average Bonchev–Trinajstić information content (AvgIpc) is 2.26. The maximum atomic E-state index is 5.58. The summed E-state index contributed by atoms with van der Waals surface area (Å²) in [7, 11) is 0. The van der Waals surface area contributed by atoms with E-state index in [4.69, 9.17) is 10.5 Å².